The van der Waals surface area contributed by atoms with Crippen molar-refractivity contribution in [2.75, 3.05) is 13.6 Å². The molecule has 1 aliphatic carbocycles. The van der Waals surface area contributed by atoms with Crippen molar-refractivity contribution >= 4 is 5.84 Å². The van der Waals surface area contributed by atoms with Gasteiger partial charge in [-0.1, -0.05) is 36.8 Å². The Hall–Kier alpha value is -1.31. The first-order valence-corrected chi connectivity index (χ1v) is 5.99. The van der Waals surface area contributed by atoms with Crippen LogP contribution in [-0.2, 0) is 0 Å². The van der Waals surface area contributed by atoms with Crippen LogP contribution in [0.25, 0.3) is 0 Å². The number of nitrogens with zero attached hydrogens (tertiary/aromatic N) is 1. The number of nitrogens with one attached hydrogen (secondary N) is 1. The molecule has 16 heavy (non-hydrogen) atoms. The Bertz CT molecular complexity index is 333. The molecule has 0 bridgehead atoms. The zero-order valence-corrected chi connectivity index (χ0v) is 10.6. The van der Waals surface area contributed by atoms with Gasteiger partial charge < -0.3 is 5.32 Å². The van der Waals surface area contributed by atoms with Crippen LogP contribution in [0.1, 0.15) is 33.1 Å². The van der Waals surface area contributed by atoms with Gasteiger partial charge in [-0.3, -0.25) is 4.99 Å². The predicted molar refractivity (Wildman–Crippen MR) is 71.9 cm³/mol. The Kier molecular flexibility index (Phi) is 5.62. The minimum atomic E-state index is 0.879. The van der Waals surface area contributed by atoms with E-state index in [2.05, 4.69) is 48.5 Å². The fourth-order valence-corrected chi connectivity index (χ4v) is 1.62. The van der Waals surface area contributed by atoms with Gasteiger partial charge in [0.25, 0.3) is 0 Å². The normalized spacial score (nSPS) is 16.6. The summed E-state index contributed by atoms with van der Waals surface area (Å²) in [5.41, 5.74) is 2.68. The number of rotatable bonds is 4. The van der Waals surface area contributed by atoms with Crippen molar-refractivity contribution in [3.8, 4) is 0 Å². The maximum absolute atomic E-state index is 4.24. The lowest BCUT2D eigenvalue weighted by Crippen LogP contribution is -2.25. The third-order valence-corrected chi connectivity index (χ3v) is 2.63. The van der Waals surface area contributed by atoms with Gasteiger partial charge in [0.1, 0.15) is 0 Å². The summed E-state index contributed by atoms with van der Waals surface area (Å²) in [6.45, 7) is 5.19. The van der Waals surface area contributed by atoms with E-state index in [1.54, 1.807) is 0 Å². The Balaban J connectivity index is 2.44. The third-order valence-electron chi connectivity index (χ3n) is 2.63. The highest BCUT2D eigenvalue weighted by Crippen LogP contribution is 2.09. The van der Waals surface area contributed by atoms with Gasteiger partial charge in [-0.2, -0.15) is 0 Å². The molecule has 0 saturated heterocycles. The average molecular weight is 218 g/mol. The van der Waals surface area contributed by atoms with E-state index < -0.39 is 0 Å². The summed E-state index contributed by atoms with van der Waals surface area (Å²) in [5, 5.41) is 3.39. The molecule has 2 heteroatoms. The van der Waals surface area contributed by atoms with Crippen LogP contribution >= 0.6 is 0 Å². The fourth-order valence-electron chi connectivity index (χ4n) is 1.62. The second-order valence-corrected chi connectivity index (χ2v) is 4.07. The van der Waals surface area contributed by atoms with E-state index >= 15 is 0 Å². The number of hydrogen-bond donors (Lipinski definition) is 1. The summed E-state index contributed by atoms with van der Waals surface area (Å²) >= 11 is 0. The molecular formula is C14H22N2. The van der Waals surface area contributed by atoms with E-state index in [-0.39, 0.29) is 0 Å². The first-order valence-electron chi connectivity index (χ1n) is 5.99. The maximum Gasteiger partial charge on any atom is 0.0962 e. The average Bonchev–Trinajstić information content (AvgIpc) is 2.49. The quantitative estimate of drug-likeness (QED) is 0.568. The van der Waals surface area contributed by atoms with Crippen LogP contribution in [0.3, 0.4) is 0 Å². The van der Waals surface area contributed by atoms with E-state index in [0.717, 1.165) is 31.6 Å². The van der Waals surface area contributed by atoms with E-state index in [1.807, 2.05) is 7.05 Å². The van der Waals surface area contributed by atoms with E-state index in [9.17, 15) is 0 Å². The van der Waals surface area contributed by atoms with Gasteiger partial charge in [0, 0.05) is 20.0 Å². The SMILES string of the molecule is CCCC(=NC)NCC1=CCC=C(C)C=C1. The largest absolute Gasteiger partial charge is 0.370 e. The molecule has 0 aromatic rings. The van der Waals surface area contributed by atoms with Gasteiger partial charge in [0.15, 0.2) is 0 Å². The highest BCUT2D eigenvalue weighted by atomic mass is 15.0. The molecule has 0 aromatic carbocycles. The van der Waals surface area contributed by atoms with Crippen molar-refractivity contribution in [1.29, 1.82) is 0 Å². The van der Waals surface area contributed by atoms with Crippen molar-refractivity contribution in [3.63, 3.8) is 0 Å². The molecule has 0 spiro atoms. The molecule has 0 heterocycles. The van der Waals surface area contributed by atoms with Crippen molar-refractivity contribution in [3.05, 3.63) is 35.5 Å². The van der Waals surface area contributed by atoms with Gasteiger partial charge >= 0.3 is 0 Å². The Morgan fingerprint density at radius 1 is 1.38 bits per heavy atom. The first-order chi connectivity index (χ1) is 7.76. The lowest BCUT2D eigenvalue weighted by atomic mass is 10.2. The molecule has 1 aliphatic rings. The highest BCUT2D eigenvalue weighted by molar-refractivity contribution is 5.82. The summed E-state index contributed by atoms with van der Waals surface area (Å²) in [6, 6.07) is 0. The van der Waals surface area contributed by atoms with Crippen LogP contribution in [0.15, 0.2) is 40.4 Å². The van der Waals surface area contributed by atoms with Gasteiger partial charge in [-0.15, -0.1) is 0 Å². The molecule has 0 fully saturated rings. The molecule has 1 N–H and O–H groups in total. The van der Waals surface area contributed by atoms with Crippen LogP contribution in [0.2, 0.25) is 0 Å². The van der Waals surface area contributed by atoms with Gasteiger partial charge in [0.2, 0.25) is 0 Å². The van der Waals surface area contributed by atoms with Crippen LogP contribution < -0.4 is 5.32 Å². The van der Waals surface area contributed by atoms with Crippen molar-refractivity contribution < 1.29 is 0 Å². The monoisotopic (exact) mass is 218 g/mol. The second kappa shape index (κ2) is 7.04. The summed E-state index contributed by atoms with van der Waals surface area (Å²) < 4.78 is 0. The van der Waals surface area contributed by atoms with Crippen LogP contribution in [0.5, 0.6) is 0 Å². The summed E-state index contributed by atoms with van der Waals surface area (Å²) in [5.74, 6) is 1.10. The molecule has 0 radical (unpaired) electrons. The van der Waals surface area contributed by atoms with Crippen molar-refractivity contribution in [1.82, 2.24) is 5.32 Å². The zero-order valence-electron chi connectivity index (χ0n) is 10.6. The molecular weight excluding hydrogens is 196 g/mol. The number of hydrogen-bond acceptors (Lipinski definition) is 1. The predicted octanol–water partition coefficient (Wildman–Crippen LogP) is 3.24. The summed E-state index contributed by atoms with van der Waals surface area (Å²) in [7, 11) is 1.85. The Morgan fingerprint density at radius 2 is 2.19 bits per heavy atom. The van der Waals surface area contributed by atoms with Crippen LogP contribution in [-0.4, -0.2) is 19.4 Å². The molecule has 1 rings (SSSR count). The van der Waals surface area contributed by atoms with Gasteiger partial charge in [-0.25, -0.2) is 0 Å². The number of aliphatic imine (C=N–C) groups is 1. The minimum absolute atomic E-state index is 0.879. The maximum atomic E-state index is 4.24. The first kappa shape index (κ1) is 12.8. The molecule has 0 amide bonds. The van der Waals surface area contributed by atoms with Crippen molar-refractivity contribution in [2.24, 2.45) is 4.99 Å². The van der Waals surface area contributed by atoms with Crippen LogP contribution in [0.4, 0.5) is 0 Å². The number of allylic oxidation sites excluding steroid dienone is 4. The van der Waals surface area contributed by atoms with Gasteiger partial charge in [-0.05, 0) is 25.3 Å². The van der Waals surface area contributed by atoms with Gasteiger partial charge in [0.05, 0.1) is 5.84 Å². The lowest BCUT2D eigenvalue weighted by Gasteiger charge is -2.08. The fraction of sp³-hybridized carbons (Fsp3) is 0.500. The van der Waals surface area contributed by atoms with Crippen molar-refractivity contribution in [2.45, 2.75) is 33.1 Å². The van der Waals surface area contributed by atoms with E-state index in [4.69, 9.17) is 0 Å². The lowest BCUT2D eigenvalue weighted by molar-refractivity contribution is 0.899. The van der Waals surface area contributed by atoms with E-state index in [0.29, 0.717) is 0 Å². The molecule has 0 saturated carbocycles. The summed E-state index contributed by atoms with van der Waals surface area (Å²) in [4.78, 5) is 4.24. The highest BCUT2D eigenvalue weighted by Gasteiger charge is 1.99. The topological polar surface area (TPSA) is 24.4 Å². The molecule has 0 unspecified atom stereocenters. The minimum Gasteiger partial charge on any atom is -0.370 e. The van der Waals surface area contributed by atoms with E-state index in [1.165, 1.54) is 11.1 Å². The smallest absolute Gasteiger partial charge is 0.0962 e. The summed E-state index contributed by atoms with van der Waals surface area (Å²) in [6.07, 6.45) is 12.1. The second-order valence-electron chi connectivity index (χ2n) is 4.07. The van der Waals surface area contributed by atoms with Crippen LogP contribution in [0, 0.1) is 0 Å². The third kappa shape index (κ3) is 4.47. The molecule has 0 atom stereocenters. The Morgan fingerprint density at radius 3 is 2.88 bits per heavy atom. The standard InChI is InChI=1S/C14H22N2/c1-4-6-14(15-3)16-11-13-8-5-7-12(2)9-10-13/h7-10H,4-6,11H2,1-3H3,(H,15,16). The molecule has 0 aliphatic heterocycles. The molecule has 2 nitrogen and oxygen atoms in total. The Labute approximate surface area is 98.9 Å². The molecule has 88 valence electrons. The number of amidine groups is 1. The molecule has 0 aromatic heterocycles. The zero-order chi connectivity index (χ0) is 11.8.